The van der Waals surface area contributed by atoms with Crippen molar-refractivity contribution in [1.82, 2.24) is 10.1 Å². The van der Waals surface area contributed by atoms with Gasteiger partial charge >= 0.3 is 11.9 Å². The van der Waals surface area contributed by atoms with E-state index in [-0.39, 0.29) is 24.5 Å². The third kappa shape index (κ3) is 6.31. The van der Waals surface area contributed by atoms with E-state index in [9.17, 15) is 18.1 Å². The van der Waals surface area contributed by atoms with Crippen molar-refractivity contribution in [2.75, 3.05) is 13.3 Å². The fourth-order valence-electron chi connectivity index (χ4n) is 2.58. The zero-order valence-corrected chi connectivity index (χ0v) is 20.4. The van der Waals surface area contributed by atoms with Gasteiger partial charge in [-0.25, -0.2) is 0 Å². The molecule has 0 fully saturated rings. The van der Waals surface area contributed by atoms with Crippen molar-refractivity contribution in [2.24, 2.45) is 0 Å². The molecule has 0 radical (unpaired) electrons. The van der Waals surface area contributed by atoms with Crippen molar-refractivity contribution >= 4 is 35.9 Å². The molecular formula is C19H24F2IN2O5P. The first kappa shape index (κ1) is 24.9. The highest BCUT2D eigenvalue weighted by atomic mass is 127. The van der Waals surface area contributed by atoms with Crippen molar-refractivity contribution in [3.8, 4) is 0 Å². The van der Waals surface area contributed by atoms with Crippen LogP contribution in [0.4, 0.5) is 8.78 Å². The number of alkyl halides is 2. The quantitative estimate of drug-likeness (QED) is 0.257. The zero-order chi connectivity index (χ0) is 22.7. The van der Waals surface area contributed by atoms with Gasteiger partial charge in [0.25, 0.3) is 0 Å². The van der Waals surface area contributed by atoms with Crippen LogP contribution in [0, 0.1) is 3.57 Å². The van der Waals surface area contributed by atoms with Gasteiger partial charge in [0.15, 0.2) is 0 Å². The van der Waals surface area contributed by atoms with Crippen LogP contribution in [0.25, 0.3) is 0 Å². The molecule has 2 atom stereocenters. The Bertz CT molecular complexity index is 928. The molecule has 0 N–H and O–H groups in total. The van der Waals surface area contributed by atoms with Crippen LogP contribution in [0.1, 0.15) is 45.0 Å². The van der Waals surface area contributed by atoms with Crippen LogP contribution in [-0.4, -0.2) is 40.6 Å². The van der Waals surface area contributed by atoms with Crippen LogP contribution in [0.2, 0.25) is 0 Å². The molecule has 0 saturated heterocycles. The van der Waals surface area contributed by atoms with Crippen molar-refractivity contribution in [3.05, 3.63) is 45.1 Å². The molecule has 166 valence electrons. The molecule has 1 aromatic carbocycles. The first-order valence-corrected chi connectivity index (χ1v) is 12.4. The topological polar surface area (TPSA) is 91.5 Å². The molecule has 0 saturated carbocycles. The Balaban J connectivity index is 2.31. The maximum Gasteiger partial charge on any atom is 0.335 e. The highest BCUT2D eigenvalue weighted by molar-refractivity contribution is 14.1. The van der Waals surface area contributed by atoms with E-state index in [0.717, 1.165) is 3.57 Å². The summed E-state index contributed by atoms with van der Waals surface area (Å²) < 4.78 is 58.8. The Labute approximate surface area is 187 Å². The number of ether oxygens (including phenoxy) is 1. The third-order valence-electron chi connectivity index (χ3n) is 3.95. The molecule has 0 spiro atoms. The molecule has 2 aromatic rings. The molecule has 0 aliphatic rings. The van der Waals surface area contributed by atoms with Gasteiger partial charge in [0.1, 0.15) is 11.3 Å². The molecular weight excluding hydrogens is 532 g/mol. The molecule has 0 aliphatic heterocycles. The first-order valence-electron chi connectivity index (χ1n) is 9.18. The fraction of sp³-hybridized carbons (Fsp3) is 0.526. The molecule has 7 nitrogen and oxygen atoms in total. The smallest absolute Gasteiger partial charge is 0.335 e. The number of carbonyl (C=O) groups is 1. The lowest BCUT2D eigenvalue weighted by Crippen LogP contribution is -2.33. The lowest BCUT2D eigenvalue weighted by atomic mass is 10.1. The van der Waals surface area contributed by atoms with E-state index in [2.05, 4.69) is 10.1 Å². The summed E-state index contributed by atoms with van der Waals surface area (Å²) >= 11 is 2.01. The van der Waals surface area contributed by atoms with Gasteiger partial charge in [-0.1, -0.05) is 17.3 Å². The van der Waals surface area contributed by atoms with Crippen LogP contribution in [0.3, 0.4) is 0 Å². The molecule has 2 rings (SSSR count). The highest BCUT2D eigenvalue weighted by Crippen LogP contribution is 2.50. The van der Waals surface area contributed by atoms with Crippen LogP contribution in [-0.2, 0) is 31.0 Å². The predicted molar refractivity (Wildman–Crippen MR) is 115 cm³/mol. The largest absolute Gasteiger partial charge is 0.459 e. The van der Waals surface area contributed by atoms with Crippen LogP contribution in [0.15, 0.2) is 28.8 Å². The minimum Gasteiger partial charge on any atom is -0.459 e. The van der Waals surface area contributed by atoms with E-state index in [1.54, 1.807) is 39.8 Å². The van der Waals surface area contributed by atoms with E-state index < -0.39 is 36.3 Å². The molecule has 30 heavy (non-hydrogen) atoms. The second-order valence-corrected chi connectivity index (χ2v) is 11.6. The monoisotopic (exact) mass is 556 g/mol. The van der Waals surface area contributed by atoms with Gasteiger partial charge in [0.2, 0.25) is 19.1 Å². The number of hydrogen-bond donors (Lipinski definition) is 0. The number of nitrogens with zero attached hydrogens (tertiary/aromatic N) is 2. The molecule has 2 unspecified atom stereocenters. The lowest BCUT2D eigenvalue weighted by Gasteiger charge is -2.26. The lowest BCUT2D eigenvalue weighted by molar-refractivity contribution is -0.154. The molecule has 1 heterocycles. The van der Waals surface area contributed by atoms with Crippen LogP contribution < -0.4 is 0 Å². The zero-order valence-electron chi connectivity index (χ0n) is 17.3. The number of aromatic nitrogens is 2. The number of hydrogen-bond acceptors (Lipinski definition) is 7. The Kier molecular flexibility index (Phi) is 7.79. The average molecular weight is 556 g/mol. The first-order chi connectivity index (χ1) is 13.8. The summed E-state index contributed by atoms with van der Waals surface area (Å²) in [6.07, 6.45) is -0.349. The molecule has 0 amide bonds. The Morgan fingerprint density at radius 2 is 1.87 bits per heavy atom. The van der Waals surface area contributed by atoms with E-state index in [1.165, 1.54) is 18.8 Å². The maximum atomic E-state index is 14.7. The van der Waals surface area contributed by atoms with Crippen LogP contribution >= 0.6 is 30.0 Å². The van der Waals surface area contributed by atoms with Gasteiger partial charge in [-0.15, -0.1) is 0 Å². The van der Waals surface area contributed by atoms with Crippen molar-refractivity contribution in [1.29, 1.82) is 0 Å². The Hall–Kier alpha value is -1.39. The van der Waals surface area contributed by atoms with Gasteiger partial charge in [-0.3, -0.25) is 9.36 Å². The third-order valence-corrected chi connectivity index (χ3v) is 6.97. The number of benzene rings is 1. The van der Waals surface area contributed by atoms with Gasteiger partial charge in [0.05, 0.1) is 6.61 Å². The minimum absolute atomic E-state index is 0.104. The minimum atomic E-state index is -3.50. The molecule has 0 aliphatic carbocycles. The number of esters is 1. The van der Waals surface area contributed by atoms with E-state index in [1.807, 2.05) is 22.6 Å². The Morgan fingerprint density at radius 1 is 1.27 bits per heavy atom. The van der Waals surface area contributed by atoms with E-state index in [0.29, 0.717) is 0 Å². The van der Waals surface area contributed by atoms with Crippen molar-refractivity contribution in [3.63, 3.8) is 0 Å². The average Bonchev–Trinajstić information content (AvgIpc) is 3.08. The summed E-state index contributed by atoms with van der Waals surface area (Å²) in [4.78, 5) is 16.4. The van der Waals surface area contributed by atoms with Crippen molar-refractivity contribution in [2.45, 2.75) is 51.3 Å². The number of carbonyl (C=O) groups excluding carboxylic acids is 1. The maximum absolute atomic E-state index is 14.7. The highest BCUT2D eigenvalue weighted by Gasteiger charge is 2.43. The molecule has 1 aromatic heterocycles. The summed E-state index contributed by atoms with van der Waals surface area (Å²) in [7, 11) is -3.50. The fourth-order valence-corrected chi connectivity index (χ4v) is 4.55. The van der Waals surface area contributed by atoms with E-state index >= 15 is 0 Å². The Morgan fingerprint density at radius 3 is 2.40 bits per heavy atom. The SMILES string of the molecule is CCOP(C)(=O)C(Cc1nc(C(F)(F)c2ccc(I)cc2)no1)C(=O)OC(C)(C)C. The normalized spacial score (nSPS) is 15.5. The number of halogens is 3. The van der Waals surface area contributed by atoms with Gasteiger partial charge in [-0.05, 0) is 62.4 Å². The summed E-state index contributed by atoms with van der Waals surface area (Å²) in [6, 6.07) is 5.63. The molecule has 11 heteroatoms. The standard InChI is InChI=1S/C19H24F2IN2O5P/c1-6-27-30(5,26)14(16(25)28-18(2,3)4)11-15-23-17(24-29-15)19(20,21)12-7-9-13(22)10-8-12/h7-10,14H,6,11H2,1-5H3. The van der Waals surface area contributed by atoms with Crippen LogP contribution in [0.5, 0.6) is 0 Å². The summed E-state index contributed by atoms with van der Waals surface area (Å²) in [5, 5.41) is 3.38. The second-order valence-electron chi connectivity index (χ2n) is 7.67. The van der Waals surface area contributed by atoms with E-state index in [4.69, 9.17) is 13.8 Å². The summed E-state index contributed by atoms with van der Waals surface area (Å²) in [5.41, 5.74) is -2.40. The molecule has 0 bridgehead atoms. The second kappa shape index (κ2) is 9.40. The van der Waals surface area contributed by atoms with Gasteiger partial charge in [-0.2, -0.15) is 13.8 Å². The van der Waals surface area contributed by atoms with Gasteiger partial charge in [0, 0.05) is 22.2 Å². The summed E-state index contributed by atoms with van der Waals surface area (Å²) in [6.45, 7) is 8.02. The van der Waals surface area contributed by atoms with Crippen molar-refractivity contribution < 1.29 is 31.9 Å². The number of rotatable bonds is 8. The summed E-state index contributed by atoms with van der Waals surface area (Å²) in [5.74, 6) is -5.38. The van der Waals surface area contributed by atoms with Gasteiger partial charge < -0.3 is 13.8 Å². The predicted octanol–water partition coefficient (Wildman–Crippen LogP) is 5.01.